The molecule has 8 heteroatoms. The van der Waals surface area contributed by atoms with E-state index in [1.54, 1.807) is 6.92 Å². The van der Waals surface area contributed by atoms with Crippen LogP contribution in [-0.4, -0.2) is 43.2 Å². The Morgan fingerprint density at radius 1 is 1.50 bits per heavy atom. The number of carboxylic acid groups (broad SMARTS) is 1. The first kappa shape index (κ1) is 14.9. The molecule has 1 saturated heterocycles. The molecule has 1 aromatic rings. The SMILES string of the molecule is CC1CCOCN1S(=O)(=O)c1ccc(C(=O)O)c(F)c1. The Balaban J connectivity index is 2.39. The standard InChI is InChI=1S/C12H14FNO5S/c1-8-4-5-19-7-14(8)20(17,18)9-2-3-10(12(15)16)11(13)6-9/h2-3,6,8H,4-5,7H2,1H3,(H,15,16). The fourth-order valence-corrected chi connectivity index (χ4v) is 3.51. The molecule has 0 amide bonds. The van der Waals surface area contributed by atoms with Crippen molar-refractivity contribution in [3.05, 3.63) is 29.6 Å². The number of benzene rings is 1. The van der Waals surface area contributed by atoms with E-state index in [2.05, 4.69) is 0 Å². The lowest BCUT2D eigenvalue weighted by Crippen LogP contribution is -2.44. The lowest BCUT2D eigenvalue weighted by Gasteiger charge is -2.32. The number of carboxylic acids is 1. The van der Waals surface area contributed by atoms with Gasteiger partial charge in [-0.15, -0.1) is 0 Å². The maximum Gasteiger partial charge on any atom is 0.338 e. The van der Waals surface area contributed by atoms with Crippen LogP contribution >= 0.6 is 0 Å². The van der Waals surface area contributed by atoms with E-state index in [9.17, 15) is 17.6 Å². The van der Waals surface area contributed by atoms with E-state index in [1.165, 1.54) is 0 Å². The summed E-state index contributed by atoms with van der Waals surface area (Å²) in [5, 5.41) is 8.73. The Kier molecular flexibility index (Phi) is 4.07. The van der Waals surface area contributed by atoms with Crippen LogP contribution in [0.4, 0.5) is 4.39 Å². The van der Waals surface area contributed by atoms with Crippen molar-refractivity contribution >= 4 is 16.0 Å². The fraction of sp³-hybridized carbons (Fsp3) is 0.417. The maximum atomic E-state index is 13.6. The Bertz CT molecular complexity index is 631. The Labute approximate surface area is 115 Å². The minimum atomic E-state index is -3.90. The van der Waals surface area contributed by atoms with Gasteiger partial charge in [0.2, 0.25) is 10.0 Å². The molecule has 1 aliphatic heterocycles. The smallest absolute Gasteiger partial charge is 0.338 e. The number of hydrogen-bond acceptors (Lipinski definition) is 4. The van der Waals surface area contributed by atoms with Gasteiger partial charge in [0.25, 0.3) is 0 Å². The summed E-state index contributed by atoms with van der Waals surface area (Å²) in [5.41, 5.74) is -0.563. The van der Waals surface area contributed by atoms with E-state index in [0.717, 1.165) is 22.5 Å². The molecule has 0 aliphatic carbocycles. The van der Waals surface area contributed by atoms with Crippen molar-refractivity contribution in [2.75, 3.05) is 13.3 Å². The third-order valence-electron chi connectivity index (χ3n) is 3.17. The van der Waals surface area contributed by atoms with Crippen molar-refractivity contribution in [3.8, 4) is 0 Å². The van der Waals surface area contributed by atoms with Gasteiger partial charge in [0.15, 0.2) is 0 Å². The van der Waals surface area contributed by atoms with E-state index >= 15 is 0 Å². The fourth-order valence-electron chi connectivity index (χ4n) is 1.95. The highest BCUT2D eigenvalue weighted by atomic mass is 32.2. The van der Waals surface area contributed by atoms with Gasteiger partial charge in [-0.25, -0.2) is 17.6 Å². The molecule has 1 aromatic carbocycles. The first-order chi connectivity index (χ1) is 9.34. The molecule has 6 nitrogen and oxygen atoms in total. The maximum absolute atomic E-state index is 13.6. The van der Waals surface area contributed by atoms with Crippen LogP contribution in [0.2, 0.25) is 0 Å². The highest BCUT2D eigenvalue weighted by Gasteiger charge is 2.32. The van der Waals surface area contributed by atoms with Gasteiger partial charge < -0.3 is 9.84 Å². The topological polar surface area (TPSA) is 83.9 Å². The molecule has 1 heterocycles. The van der Waals surface area contributed by atoms with E-state index in [-0.39, 0.29) is 17.7 Å². The third kappa shape index (κ3) is 2.67. The van der Waals surface area contributed by atoms with Crippen LogP contribution in [0.3, 0.4) is 0 Å². The molecule has 1 unspecified atom stereocenters. The molecule has 1 fully saturated rings. The van der Waals surface area contributed by atoms with Gasteiger partial charge in [0.05, 0.1) is 10.5 Å². The monoisotopic (exact) mass is 303 g/mol. The molecule has 20 heavy (non-hydrogen) atoms. The number of nitrogens with zero attached hydrogens (tertiary/aromatic N) is 1. The number of halogens is 1. The van der Waals surface area contributed by atoms with Gasteiger partial charge in [-0.05, 0) is 31.5 Å². The molecule has 0 aromatic heterocycles. The van der Waals surface area contributed by atoms with Gasteiger partial charge in [-0.3, -0.25) is 0 Å². The molecule has 0 spiro atoms. The highest BCUT2D eigenvalue weighted by molar-refractivity contribution is 7.89. The average Bonchev–Trinajstić information content (AvgIpc) is 2.38. The highest BCUT2D eigenvalue weighted by Crippen LogP contribution is 2.23. The van der Waals surface area contributed by atoms with Crippen molar-refractivity contribution in [3.63, 3.8) is 0 Å². The number of hydrogen-bond donors (Lipinski definition) is 1. The molecule has 1 aliphatic rings. The quantitative estimate of drug-likeness (QED) is 0.909. The Morgan fingerprint density at radius 3 is 2.75 bits per heavy atom. The van der Waals surface area contributed by atoms with Gasteiger partial charge in [0, 0.05) is 12.6 Å². The molecule has 1 atom stereocenters. The number of ether oxygens (including phenoxy) is 1. The molecule has 2 rings (SSSR count). The summed E-state index contributed by atoms with van der Waals surface area (Å²) in [5.74, 6) is -2.52. The predicted octanol–water partition coefficient (Wildman–Crippen LogP) is 1.28. The van der Waals surface area contributed by atoms with Crippen LogP contribution in [0.5, 0.6) is 0 Å². The van der Waals surface area contributed by atoms with Gasteiger partial charge in [-0.1, -0.05) is 0 Å². The Hall–Kier alpha value is -1.51. The van der Waals surface area contributed by atoms with E-state index in [0.29, 0.717) is 13.0 Å². The predicted molar refractivity (Wildman–Crippen MR) is 67.3 cm³/mol. The minimum absolute atomic E-state index is 0.0915. The third-order valence-corrected chi connectivity index (χ3v) is 5.10. The lowest BCUT2D eigenvalue weighted by atomic mass is 10.2. The van der Waals surface area contributed by atoms with Crippen molar-refractivity contribution in [1.82, 2.24) is 4.31 Å². The van der Waals surface area contributed by atoms with Crippen LogP contribution < -0.4 is 0 Å². The van der Waals surface area contributed by atoms with E-state index < -0.39 is 27.4 Å². The molecule has 110 valence electrons. The summed E-state index contributed by atoms with van der Waals surface area (Å²) in [6.45, 7) is 2.12. The number of rotatable bonds is 3. The Morgan fingerprint density at radius 2 is 2.20 bits per heavy atom. The second-order valence-electron chi connectivity index (χ2n) is 4.51. The molecule has 0 bridgehead atoms. The second kappa shape index (κ2) is 5.47. The summed E-state index contributed by atoms with van der Waals surface area (Å²) >= 11 is 0. The van der Waals surface area contributed by atoms with Crippen LogP contribution in [0.15, 0.2) is 23.1 Å². The van der Waals surface area contributed by atoms with Crippen molar-refractivity contribution in [1.29, 1.82) is 0 Å². The van der Waals surface area contributed by atoms with Crippen LogP contribution in [-0.2, 0) is 14.8 Å². The summed E-state index contributed by atoms with van der Waals surface area (Å²) < 4.78 is 44.6. The lowest BCUT2D eigenvalue weighted by molar-refractivity contribution is 0.00564. The number of sulfonamides is 1. The molecule has 0 saturated carbocycles. The zero-order valence-electron chi connectivity index (χ0n) is 10.7. The largest absolute Gasteiger partial charge is 0.478 e. The first-order valence-electron chi connectivity index (χ1n) is 5.96. The molecule has 0 radical (unpaired) electrons. The molecular weight excluding hydrogens is 289 g/mol. The minimum Gasteiger partial charge on any atom is -0.478 e. The first-order valence-corrected chi connectivity index (χ1v) is 7.40. The van der Waals surface area contributed by atoms with Crippen molar-refractivity contribution in [2.24, 2.45) is 0 Å². The van der Waals surface area contributed by atoms with Crippen molar-refractivity contribution < 1.29 is 27.4 Å². The number of aromatic carboxylic acids is 1. The van der Waals surface area contributed by atoms with Gasteiger partial charge in [-0.2, -0.15) is 4.31 Å². The van der Waals surface area contributed by atoms with E-state index in [1.807, 2.05) is 0 Å². The zero-order valence-corrected chi connectivity index (χ0v) is 11.6. The second-order valence-corrected chi connectivity index (χ2v) is 6.40. The average molecular weight is 303 g/mol. The zero-order chi connectivity index (χ0) is 14.9. The summed E-state index contributed by atoms with van der Waals surface area (Å²) in [6, 6.07) is 2.50. The van der Waals surface area contributed by atoms with Crippen LogP contribution in [0.25, 0.3) is 0 Å². The normalized spacial score (nSPS) is 20.8. The van der Waals surface area contributed by atoms with Gasteiger partial charge in [0.1, 0.15) is 12.5 Å². The van der Waals surface area contributed by atoms with Crippen LogP contribution in [0.1, 0.15) is 23.7 Å². The van der Waals surface area contributed by atoms with Crippen LogP contribution in [0, 0.1) is 5.82 Å². The van der Waals surface area contributed by atoms with Crippen molar-refractivity contribution in [2.45, 2.75) is 24.3 Å². The summed E-state index contributed by atoms with van der Waals surface area (Å²) in [7, 11) is -3.90. The van der Waals surface area contributed by atoms with Gasteiger partial charge >= 0.3 is 5.97 Å². The molecule has 1 N–H and O–H groups in total. The van der Waals surface area contributed by atoms with E-state index in [4.69, 9.17) is 9.84 Å². The summed E-state index contributed by atoms with van der Waals surface area (Å²) in [4.78, 5) is 10.4. The molecular formula is C12H14FNO5S. The summed E-state index contributed by atoms with van der Waals surface area (Å²) in [6.07, 6.45) is 0.551. The number of carbonyl (C=O) groups is 1.